The third-order valence-electron chi connectivity index (χ3n) is 4.39. The molecule has 1 atom stereocenters. The summed E-state index contributed by atoms with van der Waals surface area (Å²) in [5.41, 5.74) is 1.39. The van der Waals surface area contributed by atoms with Crippen molar-refractivity contribution in [1.82, 2.24) is 0 Å². The number of ether oxygens (including phenoxy) is 1. The average molecular weight is 329 g/mol. The van der Waals surface area contributed by atoms with Crippen molar-refractivity contribution in [2.75, 3.05) is 6.61 Å². The summed E-state index contributed by atoms with van der Waals surface area (Å²) in [5.74, 6) is -1.31. The molecule has 1 heterocycles. The summed E-state index contributed by atoms with van der Waals surface area (Å²) in [4.78, 5) is 4.49. The van der Waals surface area contributed by atoms with Gasteiger partial charge < -0.3 is 4.74 Å². The van der Waals surface area contributed by atoms with Crippen LogP contribution in [0.1, 0.15) is 44.4 Å². The van der Waals surface area contributed by atoms with Crippen molar-refractivity contribution in [1.29, 1.82) is 0 Å². The third kappa shape index (κ3) is 2.93. The highest BCUT2D eigenvalue weighted by Crippen LogP contribution is 2.34. The minimum atomic E-state index is -0.666. The summed E-state index contributed by atoms with van der Waals surface area (Å²) in [6.45, 7) is 8.62. The molecule has 1 unspecified atom stereocenters. The molecule has 3 rings (SSSR count). The van der Waals surface area contributed by atoms with Crippen LogP contribution in [0.2, 0.25) is 0 Å². The van der Waals surface area contributed by atoms with E-state index in [-0.39, 0.29) is 23.5 Å². The molecule has 0 aromatic heterocycles. The zero-order valence-corrected chi connectivity index (χ0v) is 14.4. The van der Waals surface area contributed by atoms with Crippen molar-refractivity contribution < 1.29 is 13.5 Å². The van der Waals surface area contributed by atoms with Crippen LogP contribution in [0.15, 0.2) is 47.5 Å². The number of halogens is 2. The number of hydrogen-bond acceptors (Lipinski definition) is 2. The molecule has 4 heteroatoms. The summed E-state index contributed by atoms with van der Waals surface area (Å²) in [5, 5.41) is 0. The number of nitrogens with zero attached hydrogens (tertiary/aromatic N) is 1. The maximum atomic E-state index is 13.9. The minimum Gasteiger partial charge on any atom is -0.474 e. The molecule has 2 aromatic rings. The average Bonchev–Trinajstić information content (AvgIpc) is 2.90. The molecule has 1 aliphatic rings. The van der Waals surface area contributed by atoms with E-state index in [2.05, 4.69) is 37.9 Å². The molecule has 0 aliphatic carbocycles. The van der Waals surface area contributed by atoms with Gasteiger partial charge in [0.05, 0.1) is 0 Å². The number of aliphatic imine (C=N–C) groups is 1. The number of benzene rings is 2. The lowest BCUT2D eigenvalue weighted by Crippen LogP contribution is -2.21. The molecular weight excluding hydrogens is 308 g/mol. The Morgan fingerprint density at radius 1 is 1.00 bits per heavy atom. The summed E-state index contributed by atoms with van der Waals surface area (Å²) in [7, 11) is 0. The van der Waals surface area contributed by atoms with Crippen molar-refractivity contribution in [2.24, 2.45) is 4.99 Å². The smallest absolute Gasteiger partial charge is 0.223 e. The van der Waals surface area contributed by atoms with E-state index >= 15 is 0 Å². The summed E-state index contributed by atoms with van der Waals surface area (Å²) in [6, 6.07) is 11.9. The maximum absolute atomic E-state index is 13.9. The van der Waals surface area contributed by atoms with E-state index < -0.39 is 17.2 Å². The zero-order valence-electron chi connectivity index (χ0n) is 14.4. The quantitative estimate of drug-likeness (QED) is 0.763. The van der Waals surface area contributed by atoms with Crippen LogP contribution in [0.3, 0.4) is 0 Å². The Kier molecular flexibility index (Phi) is 3.94. The molecule has 2 nitrogen and oxygen atoms in total. The molecule has 0 spiro atoms. The van der Waals surface area contributed by atoms with Crippen molar-refractivity contribution in [3.05, 3.63) is 70.8 Å². The molecular formula is C20H21F2NO. The topological polar surface area (TPSA) is 21.6 Å². The molecule has 24 heavy (non-hydrogen) atoms. The first kappa shape index (κ1) is 16.6. The van der Waals surface area contributed by atoms with Gasteiger partial charge in [0.1, 0.15) is 29.3 Å². The lowest BCUT2D eigenvalue weighted by molar-refractivity contribution is 0.268. The fourth-order valence-corrected chi connectivity index (χ4v) is 2.80. The summed E-state index contributed by atoms with van der Waals surface area (Å²) >= 11 is 0. The van der Waals surface area contributed by atoms with Crippen molar-refractivity contribution in [3.8, 4) is 0 Å². The van der Waals surface area contributed by atoms with Crippen molar-refractivity contribution in [2.45, 2.75) is 38.6 Å². The van der Waals surface area contributed by atoms with Crippen LogP contribution in [0, 0.1) is 11.6 Å². The SMILES string of the molecule is CC(C)(C)c1ccc(C2(C)COC(c3c(F)cccc3F)=N2)cc1. The minimum absolute atomic E-state index is 0.0213. The Hall–Kier alpha value is -2.23. The molecule has 0 N–H and O–H groups in total. The van der Waals surface area contributed by atoms with Crippen molar-refractivity contribution >= 4 is 5.90 Å². The highest BCUT2D eigenvalue weighted by molar-refractivity contribution is 5.96. The van der Waals surface area contributed by atoms with E-state index in [1.54, 1.807) is 0 Å². The summed E-state index contributed by atoms with van der Waals surface area (Å²) < 4.78 is 33.4. The van der Waals surface area contributed by atoms with Gasteiger partial charge in [-0.2, -0.15) is 0 Å². The Balaban J connectivity index is 1.96. The van der Waals surface area contributed by atoms with Crippen LogP contribution < -0.4 is 0 Å². The summed E-state index contributed by atoms with van der Waals surface area (Å²) in [6.07, 6.45) is 0. The molecule has 0 saturated heterocycles. The lowest BCUT2D eigenvalue weighted by Gasteiger charge is -2.22. The Bertz CT molecular complexity index is 770. The molecule has 1 aliphatic heterocycles. The van der Waals surface area contributed by atoms with E-state index in [1.807, 2.05) is 19.1 Å². The second-order valence-electron chi connectivity index (χ2n) is 7.40. The molecule has 0 amide bonds. The maximum Gasteiger partial charge on any atom is 0.223 e. The highest BCUT2D eigenvalue weighted by atomic mass is 19.1. The molecule has 0 saturated carbocycles. The highest BCUT2D eigenvalue weighted by Gasteiger charge is 2.36. The monoisotopic (exact) mass is 329 g/mol. The van der Waals surface area contributed by atoms with Gasteiger partial charge in [0, 0.05) is 0 Å². The van der Waals surface area contributed by atoms with Gasteiger partial charge in [0.2, 0.25) is 5.90 Å². The standard InChI is InChI=1S/C20H21F2NO/c1-19(2,3)13-8-10-14(11-9-13)20(4)12-24-18(23-20)17-15(21)6-5-7-16(17)22/h5-11H,12H2,1-4H3. The van der Waals surface area contributed by atoms with E-state index in [1.165, 1.54) is 23.8 Å². The Morgan fingerprint density at radius 3 is 2.12 bits per heavy atom. The normalized spacial score (nSPS) is 20.7. The van der Waals surface area contributed by atoms with Crippen molar-refractivity contribution in [3.63, 3.8) is 0 Å². The van der Waals surface area contributed by atoms with Crippen LogP contribution in [-0.4, -0.2) is 12.5 Å². The predicted octanol–water partition coefficient (Wildman–Crippen LogP) is 4.95. The van der Waals surface area contributed by atoms with Gasteiger partial charge in [0.25, 0.3) is 0 Å². The second kappa shape index (κ2) is 5.69. The second-order valence-corrected chi connectivity index (χ2v) is 7.40. The van der Waals surface area contributed by atoms with E-state index in [0.717, 1.165) is 5.56 Å². The third-order valence-corrected chi connectivity index (χ3v) is 4.39. The first-order valence-corrected chi connectivity index (χ1v) is 7.99. The van der Waals surface area contributed by atoms with Crippen LogP contribution in [0.5, 0.6) is 0 Å². The number of hydrogen-bond donors (Lipinski definition) is 0. The van der Waals surface area contributed by atoms with Gasteiger partial charge in [-0.1, -0.05) is 51.1 Å². The van der Waals surface area contributed by atoms with Gasteiger partial charge in [-0.05, 0) is 35.6 Å². The number of rotatable bonds is 2. The van der Waals surface area contributed by atoms with Crippen LogP contribution in [0.25, 0.3) is 0 Å². The van der Waals surface area contributed by atoms with Gasteiger partial charge in [-0.3, -0.25) is 0 Å². The van der Waals surface area contributed by atoms with Gasteiger partial charge in [0.15, 0.2) is 0 Å². The molecule has 0 radical (unpaired) electrons. The lowest BCUT2D eigenvalue weighted by atomic mass is 9.84. The van der Waals surface area contributed by atoms with Crippen LogP contribution in [0.4, 0.5) is 8.78 Å². The fraction of sp³-hybridized carbons (Fsp3) is 0.350. The molecule has 126 valence electrons. The molecule has 0 fully saturated rings. The Labute approximate surface area is 141 Å². The van der Waals surface area contributed by atoms with Crippen LogP contribution in [-0.2, 0) is 15.7 Å². The van der Waals surface area contributed by atoms with E-state index in [4.69, 9.17) is 4.74 Å². The molecule has 2 aromatic carbocycles. The predicted molar refractivity (Wildman–Crippen MR) is 91.3 cm³/mol. The molecule has 0 bridgehead atoms. The van der Waals surface area contributed by atoms with Gasteiger partial charge >= 0.3 is 0 Å². The van der Waals surface area contributed by atoms with Crippen LogP contribution >= 0.6 is 0 Å². The van der Waals surface area contributed by atoms with Gasteiger partial charge in [-0.15, -0.1) is 0 Å². The Morgan fingerprint density at radius 2 is 1.58 bits per heavy atom. The first-order chi connectivity index (χ1) is 11.2. The van der Waals surface area contributed by atoms with E-state index in [0.29, 0.717) is 0 Å². The largest absolute Gasteiger partial charge is 0.474 e. The first-order valence-electron chi connectivity index (χ1n) is 7.99. The van der Waals surface area contributed by atoms with E-state index in [9.17, 15) is 8.78 Å². The zero-order chi connectivity index (χ0) is 17.5. The van der Waals surface area contributed by atoms with Gasteiger partial charge in [-0.25, -0.2) is 13.8 Å². The fourth-order valence-electron chi connectivity index (χ4n) is 2.80.